The van der Waals surface area contributed by atoms with Crippen LogP contribution in [0.1, 0.15) is 39.5 Å². The van der Waals surface area contributed by atoms with Crippen molar-refractivity contribution in [3.05, 3.63) is 0 Å². The maximum absolute atomic E-state index is 4.14. The van der Waals surface area contributed by atoms with Crippen molar-refractivity contribution >= 4 is 11.4 Å². The van der Waals surface area contributed by atoms with Gasteiger partial charge in [-0.3, -0.25) is 0 Å². The Bertz CT molecular complexity index is 182. The molecule has 62 valence electrons. The van der Waals surface area contributed by atoms with Gasteiger partial charge in [0.05, 0.1) is 0 Å². The maximum atomic E-state index is 4.14. The first kappa shape index (κ1) is 8.24. The topological polar surface area (TPSA) is 36.8 Å². The van der Waals surface area contributed by atoms with Gasteiger partial charge in [0.1, 0.15) is 0 Å². The molecular formula is C8H15N3. The quantitative estimate of drug-likeness (QED) is 0.646. The lowest BCUT2D eigenvalue weighted by Gasteiger charge is -1.98. The van der Waals surface area contributed by atoms with Crippen molar-refractivity contribution in [2.75, 3.05) is 0 Å². The minimum Gasteiger partial charge on any atom is -0.198 e. The van der Waals surface area contributed by atoms with E-state index in [4.69, 9.17) is 0 Å². The Balaban J connectivity index is 2.43. The molecule has 0 aromatic carbocycles. The zero-order valence-electron chi connectivity index (χ0n) is 7.22. The number of hydrogen-bond acceptors (Lipinski definition) is 3. The average Bonchev–Trinajstić information content (AvgIpc) is 2.17. The van der Waals surface area contributed by atoms with Crippen LogP contribution in [0.25, 0.3) is 0 Å². The van der Waals surface area contributed by atoms with E-state index in [2.05, 4.69) is 22.7 Å². The van der Waals surface area contributed by atoms with Crippen LogP contribution in [0.4, 0.5) is 0 Å². The van der Waals surface area contributed by atoms with Gasteiger partial charge in [-0.2, -0.15) is 15.7 Å². The lowest BCUT2D eigenvalue weighted by Crippen LogP contribution is -2.01. The van der Waals surface area contributed by atoms with Crippen molar-refractivity contribution < 1.29 is 0 Å². The molecule has 3 heteroatoms. The summed E-state index contributed by atoms with van der Waals surface area (Å²) in [5, 5.41) is 8.18. The van der Waals surface area contributed by atoms with E-state index in [1.807, 2.05) is 6.92 Å². The summed E-state index contributed by atoms with van der Waals surface area (Å²) in [6, 6.07) is 0. The maximum Gasteiger partial charge on any atom is 0.0402 e. The van der Waals surface area contributed by atoms with Gasteiger partial charge in [0.25, 0.3) is 0 Å². The van der Waals surface area contributed by atoms with Crippen LogP contribution in [0.15, 0.2) is 10.2 Å². The van der Waals surface area contributed by atoms with Gasteiger partial charge in [-0.05, 0) is 26.2 Å². The Kier molecular flexibility index (Phi) is 3.08. The first-order chi connectivity index (χ1) is 5.33. The van der Waals surface area contributed by atoms with Crippen LogP contribution in [-0.4, -0.2) is 11.4 Å². The van der Waals surface area contributed by atoms with Gasteiger partial charge in [0.15, 0.2) is 0 Å². The summed E-state index contributed by atoms with van der Waals surface area (Å²) in [6.07, 6.45) is 4.37. The molecule has 0 amide bonds. The summed E-state index contributed by atoms with van der Waals surface area (Å²) >= 11 is 0. The molecule has 1 heterocycles. The summed E-state index contributed by atoms with van der Waals surface area (Å²) in [4.78, 5) is 0. The van der Waals surface area contributed by atoms with Gasteiger partial charge in [-0.15, -0.1) is 0 Å². The monoisotopic (exact) mass is 153 g/mol. The number of hydrazone groups is 2. The summed E-state index contributed by atoms with van der Waals surface area (Å²) in [6.45, 7) is 4.19. The van der Waals surface area contributed by atoms with Crippen LogP contribution in [0, 0.1) is 0 Å². The van der Waals surface area contributed by atoms with Crippen LogP contribution in [0.2, 0.25) is 0 Å². The lowest BCUT2D eigenvalue weighted by molar-refractivity contribution is 0.799. The first-order valence-corrected chi connectivity index (χ1v) is 4.16. The smallest absolute Gasteiger partial charge is 0.0402 e. The Hall–Kier alpha value is -0.860. The number of rotatable bonds is 2. The van der Waals surface area contributed by atoms with Crippen molar-refractivity contribution in [1.82, 2.24) is 5.53 Å². The number of nitrogens with zero attached hydrogens (tertiary/aromatic N) is 2. The second kappa shape index (κ2) is 4.11. The summed E-state index contributed by atoms with van der Waals surface area (Å²) in [5.41, 5.74) is 5.09. The normalized spacial score (nSPS) is 18.0. The third-order valence-corrected chi connectivity index (χ3v) is 1.76. The van der Waals surface area contributed by atoms with E-state index < -0.39 is 0 Å². The Morgan fingerprint density at radius 1 is 1.36 bits per heavy atom. The van der Waals surface area contributed by atoms with Crippen molar-refractivity contribution in [3.63, 3.8) is 0 Å². The third-order valence-electron chi connectivity index (χ3n) is 1.76. The summed E-state index contributed by atoms with van der Waals surface area (Å²) < 4.78 is 0. The molecule has 1 aliphatic rings. The highest BCUT2D eigenvalue weighted by atomic mass is 15.5. The van der Waals surface area contributed by atoms with Gasteiger partial charge < -0.3 is 0 Å². The lowest BCUT2D eigenvalue weighted by atomic mass is 10.1. The Morgan fingerprint density at radius 3 is 2.91 bits per heavy atom. The van der Waals surface area contributed by atoms with Crippen LogP contribution < -0.4 is 5.53 Å². The molecule has 11 heavy (non-hydrogen) atoms. The molecule has 1 rings (SSSR count). The van der Waals surface area contributed by atoms with E-state index in [0.717, 1.165) is 25.0 Å². The highest BCUT2D eigenvalue weighted by Crippen LogP contribution is 2.04. The minimum atomic E-state index is 1.05. The first-order valence-electron chi connectivity index (χ1n) is 4.16. The SMILES string of the molecule is CCCC1=NNN=C(C)CC1. The standard InChI is InChI=1S/C8H15N3/c1-3-4-8-6-5-7(2)9-11-10-8/h11H,3-6H2,1-2H3. The molecule has 1 aliphatic heterocycles. The van der Waals surface area contributed by atoms with Crippen LogP contribution in [-0.2, 0) is 0 Å². The fourth-order valence-corrected chi connectivity index (χ4v) is 1.09. The van der Waals surface area contributed by atoms with Gasteiger partial charge in [-0.25, -0.2) is 0 Å². The van der Waals surface area contributed by atoms with Crippen molar-refractivity contribution in [2.24, 2.45) is 10.2 Å². The van der Waals surface area contributed by atoms with E-state index >= 15 is 0 Å². The molecule has 0 fully saturated rings. The van der Waals surface area contributed by atoms with Gasteiger partial charge in [0.2, 0.25) is 0 Å². The summed E-state index contributed by atoms with van der Waals surface area (Å²) in [7, 11) is 0. The molecule has 0 unspecified atom stereocenters. The van der Waals surface area contributed by atoms with Crippen molar-refractivity contribution in [3.8, 4) is 0 Å². The molecule has 0 atom stereocenters. The number of nitrogens with one attached hydrogen (secondary N) is 1. The van der Waals surface area contributed by atoms with E-state index in [1.54, 1.807) is 0 Å². The molecular weight excluding hydrogens is 138 g/mol. The predicted octanol–water partition coefficient (Wildman–Crippen LogP) is 1.90. The molecule has 0 radical (unpaired) electrons. The van der Waals surface area contributed by atoms with E-state index in [9.17, 15) is 0 Å². The highest BCUT2D eigenvalue weighted by Gasteiger charge is 2.03. The molecule has 0 bridgehead atoms. The minimum absolute atomic E-state index is 1.05. The van der Waals surface area contributed by atoms with Gasteiger partial charge in [0, 0.05) is 11.4 Å². The molecule has 0 saturated heterocycles. The second-order valence-electron chi connectivity index (χ2n) is 2.88. The van der Waals surface area contributed by atoms with Crippen molar-refractivity contribution in [2.45, 2.75) is 39.5 Å². The highest BCUT2D eigenvalue weighted by molar-refractivity contribution is 5.91. The van der Waals surface area contributed by atoms with Crippen LogP contribution in [0.5, 0.6) is 0 Å². The molecule has 0 saturated carbocycles. The number of hydrogen-bond donors (Lipinski definition) is 1. The average molecular weight is 153 g/mol. The molecule has 3 nitrogen and oxygen atoms in total. The fourth-order valence-electron chi connectivity index (χ4n) is 1.09. The zero-order valence-corrected chi connectivity index (χ0v) is 7.22. The van der Waals surface area contributed by atoms with Crippen LogP contribution >= 0.6 is 0 Å². The van der Waals surface area contributed by atoms with E-state index in [-0.39, 0.29) is 0 Å². The molecule has 0 aromatic heterocycles. The van der Waals surface area contributed by atoms with E-state index in [0.29, 0.717) is 0 Å². The fraction of sp³-hybridized carbons (Fsp3) is 0.750. The van der Waals surface area contributed by atoms with Crippen LogP contribution in [0.3, 0.4) is 0 Å². The predicted molar refractivity (Wildman–Crippen MR) is 47.8 cm³/mol. The molecule has 1 N–H and O–H groups in total. The Morgan fingerprint density at radius 2 is 2.18 bits per heavy atom. The van der Waals surface area contributed by atoms with Gasteiger partial charge >= 0.3 is 0 Å². The largest absolute Gasteiger partial charge is 0.198 e. The summed E-state index contributed by atoms with van der Waals surface area (Å²) in [5.74, 6) is 0. The third kappa shape index (κ3) is 2.70. The zero-order chi connectivity index (χ0) is 8.10. The van der Waals surface area contributed by atoms with E-state index in [1.165, 1.54) is 12.1 Å². The molecule has 0 aliphatic carbocycles. The van der Waals surface area contributed by atoms with Gasteiger partial charge in [-0.1, -0.05) is 13.3 Å². The Labute approximate surface area is 67.6 Å². The second-order valence-corrected chi connectivity index (χ2v) is 2.88. The van der Waals surface area contributed by atoms with Crippen molar-refractivity contribution in [1.29, 1.82) is 0 Å². The molecule has 0 aromatic rings. The molecule has 0 spiro atoms.